The molecule has 0 amide bonds. The van der Waals surface area contributed by atoms with E-state index >= 15 is 0 Å². The minimum Gasteiger partial charge on any atom is -0.472 e. The highest BCUT2D eigenvalue weighted by Crippen LogP contribution is 2.25. The van der Waals surface area contributed by atoms with Crippen LogP contribution in [0.3, 0.4) is 0 Å². The fourth-order valence-corrected chi connectivity index (χ4v) is 2.30. The number of furan rings is 1. The summed E-state index contributed by atoms with van der Waals surface area (Å²) in [5.74, 6) is -0.350. The summed E-state index contributed by atoms with van der Waals surface area (Å²) in [6.45, 7) is 0. The molecule has 19 heavy (non-hydrogen) atoms. The Balaban J connectivity index is 2.12. The average Bonchev–Trinajstić information content (AvgIpc) is 3.01. The molecule has 0 saturated heterocycles. The van der Waals surface area contributed by atoms with Gasteiger partial charge in [0.2, 0.25) is 0 Å². The lowest BCUT2D eigenvalue weighted by Gasteiger charge is -2.14. The smallest absolute Gasteiger partial charge is 0.419 e. The molecule has 0 radical (unpaired) electrons. The van der Waals surface area contributed by atoms with Gasteiger partial charge in [0.15, 0.2) is 5.58 Å². The molecule has 0 saturated carbocycles. The number of hydrogen-bond acceptors (Lipinski definition) is 4. The molecule has 1 aromatic carbocycles. The van der Waals surface area contributed by atoms with Gasteiger partial charge in [-0.3, -0.25) is 4.57 Å². The van der Waals surface area contributed by atoms with E-state index in [4.69, 9.17) is 8.83 Å². The van der Waals surface area contributed by atoms with Gasteiger partial charge in [-0.15, -0.1) is 0 Å². The Morgan fingerprint density at radius 3 is 2.79 bits per heavy atom. The van der Waals surface area contributed by atoms with Crippen LogP contribution < -0.4 is 11.1 Å². The normalized spacial score (nSPS) is 12.9. The van der Waals surface area contributed by atoms with E-state index in [1.807, 2.05) is 31.3 Å². The minimum absolute atomic E-state index is 0.00802. The van der Waals surface area contributed by atoms with Gasteiger partial charge in [-0.25, -0.2) is 4.79 Å². The molecule has 0 aliphatic heterocycles. The Labute approximate surface area is 109 Å². The van der Waals surface area contributed by atoms with Gasteiger partial charge in [-0.2, -0.15) is 0 Å². The number of rotatable bonds is 3. The van der Waals surface area contributed by atoms with E-state index in [-0.39, 0.29) is 11.8 Å². The van der Waals surface area contributed by atoms with E-state index in [1.165, 1.54) is 4.57 Å². The lowest BCUT2D eigenvalue weighted by molar-refractivity contribution is 0.527. The van der Waals surface area contributed by atoms with E-state index in [9.17, 15) is 4.79 Å². The maximum atomic E-state index is 11.5. The first kappa shape index (κ1) is 11.8. The Hall–Kier alpha value is -2.27. The molecule has 0 aliphatic rings. The Kier molecular flexibility index (Phi) is 2.76. The summed E-state index contributed by atoms with van der Waals surface area (Å²) in [7, 11) is 3.57. The molecule has 0 spiro atoms. The molecular formula is C14H14N2O3. The molecular weight excluding hydrogens is 244 g/mol. The molecule has 2 aromatic heterocycles. The molecule has 3 aromatic rings. The topological polar surface area (TPSA) is 60.3 Å². The van der Waals surface area contributed by atoms with Gasteiger partial charge in [-0.05, 0) is 30.8 Å². The van der Waals surface area contributed by atoms with Crippen molar-refractivity contribution in [1.29, 1.82) is 0 Å². The highest BCUT2D eigenvalue weighted by atomic mass is 16.4. The molecule has 98 valence electrons. The quantitative estimate of drug-likeness (QED) is 0.781. The third-order valence-corrected chi connectivity index (χ3v) is 3.31. The maximum Gasteiger partial charge on any atom is 0.419 e. The van der Waals surface area contributed by atoms with Crippen LogP contribution in [0.5, 0.6) is 0 Å². The summed E-state index contributed by atoms with van der Waals surface area (Å²) in [5, 5.41) is 3.22. The number of nitrogens with one attached hydrogen (secondary N) is 1. The first-order valence-corrected chi connectivity index (χ1v) is 5.99. The Morgan fingerprint density at radius 2 is 2.11 bits per heavy atom. The third kappa shape index (κ3) is 1.88. The van der Waals surface area contributed by atoms with Crippen LogP contribution in [-0.2, 0) is 7.05 Å². The summed E-state index contributed by atoms with van der Waals surface area (Å²) in [4.78, 5) is 11.5. The van der Waals surface area contributed by atoms with Crippen molar-refractivity contribution in [2.75, 3.05) is 7.05 Å². The van der Waals surface area contributed by atoms with Gasteiger partial charge < -0.3 is 14.2 Å². The van der Waals surface area contributed by atoms with Crippen molar-refractivity contribution in [1.82, 2.24) is 9.88 Å². The molecule has 1 N–H and O–H groups in total. The fourth-order valence-electron chi connectivity index (χ4n) is 2.30. The lowest BCUT2D eigenvalue weighted by Crippen LogP contribution is -2.16. The largest absolute Gasteiger partial charge is 0.472 e. The van der Waals surface area contributed by atoms with Crippen LogP contribution in [0.15, 0.2) is 50.4 Å². The number of aryl methyl sites for hydroxylation is 1. The van der Waals surface area contributed by atoms with Crippen molar-refractivity contribution in [2.45, 2.75) is 6.04 Å². The molecule has 0 fully saturated rings. The lowest BCUT2D eigenvalue weighted by atomic mass is 10.0. The average molecular weight is 258 g/mol. The number of aromatic nitrogens is 1. The van der Waals surface area contributed by atoms with E-state index in [2.05, 4.69) is 5.32 Å². The second-order valence-corrected chi connectivity index (χ2v) is 4.43. The predicted octanol–water partition coefficient (Wildman–Crippen LogP) is 2.03. The molecule has 1 unspecified atom stereocenters. The summed E-state index contributed by atoms with van der Waals surface area (Å²) in [6.07, 6.45) is 3.34. The fraction of sp³-hybridized carbons (Fsp3) is 0.214. The van der Waals surface area contributed by atoms with E-state index in [1.54, 1.807) is 19.6 Å². The van der Waals surface area contributed by atoms with Crippen molar-refractivity contribution in [3.8, 4) is 0 Å². The molecule has 0 aliphatic carbocycles. The van der Waals surface area contributed by atoms with Crippen LogP contribution in [0.1, 0.15) is 17.2 Å². The predicted molar refractivity (Wildman–Crippen MR) is 71.1 cm³/mol. The van der Waals surface area contributed by atoms with Gasteiger partial charge >= 0.3 is 5.76 Å². The molecule has 2 heterocycles. The van der Waals surface area contributed by atoms with Crippen molar-refractivity contribution >= 4 is 11.1 Å². The summed E-state index contributed by atoms with van der Waals surface area (Å²) in [6, 6.07) is 7.66. The van der Waals surface area contributed by atoms with Crippen LogP contribution in [0, 0.1) is 0 Å². The number of nitrogens with zero attached hydrogens (tertiary/aromatic N) is 1. The molecule has 0 bridgehead atoms. The number of fused-ring (bicyclic) bond motifs is 1. The highest BCUT2D eigenvalue weighted by molar-refractivity contribution is 5.74. The van der Waals surface area contributed by atoms with Crippen molar-refractivity contribution in [3.05, 3.63) is 58.5 Å². The van der Waals surface area contributed by atoms with Crippen LogP contribution in [0.25, 0.3) is 11.1 Å². The summed E-state index contributed by atoms with van der Waals surface area (Å²) >= 11 is 0. The number of hydrogen-bond donors (Lipinski definition) is 1. The molecule has 1 atom stereocenters. The number of oxazole rings is 1. The maximum absolute atomic E-state index is 11.5. The van der Waals surface area contributed by atoms with Crippen molar-refractivity contribution in [3.63, 3.8) is 0 Å². The monoisotopic (exact) mass is 258 g/mol. The Bertz CT molecular complexity index is 753. The van der Waals surface area contributed by atoms with Crippen LogP contribution in [0.2, 0.25) is 0 Å². The Morgan fingerprint density at radius 1 is 1.26 bits per heavy atom. The summed E-state index contributed by atoms with van der Waals surface area (Å²) in [5.41, 5.74) is 3.43. The van der Waals surface area contributed by atoms with E-state index in [0.29, 0.717) is 5.58 Å². The van der Waals surface area contributed by atoms with E-state index in [0.717, 1.165) is 16.6 Å². The van der Waals surface area contributed by atoms with Crippen LogP contribution in [-0.4, -0.2) is 11.6 Å². The SMILES string of the molecule is CNC(c1ccoc1)c1ccc2c(c1)oc(=O)n2C. The zero-order chi connectivity index (χ0) is 13.4. The van der Waals surface area contributed by atoms with Gasteiger partial charge in [0.25, 0.3) is 0 Å². The second kappa shape index (κ2) is 4.44. The molecule has 5 nitrogen and oxygen atoms in total. The standard InChI is InChI=1S/C14H14N2O3/c1-15-13(10-5-6-18-8-10)9-3-4-11-12(7-9)19-14(17)16(11)2/h3-8,13,15H,1-2H3. The van der Waals surface area contributed by atoms with Gasteiger partial charge in [0, 0.05) is 12.6 Å². The number of benzene rings is 1. The third-order valence-electron chi connectivity index (χ3n) is 3.31. The van der Waals surface area contributed by atoms with Crippen LogP contribution >= 0.6 is 0 Å². The van der Waals surface area contributed by atoms with Gasteiger partial charge in [-0.1, -0.05) is 6.07 Å². The second-order valence-electron chi connectivity index (χ2n) is 4.43. The molecule has 5 heteroatoms. The van der Waals surface area contributed by atoms with Crippen molar-refractivity contribution < 1.29 is 8.83 Å². The van der Waals surface area contributed by atoms with Crippen LogP contribution in [0.4, 0.5) is 0 Å². The molecule has 3 rings (SSSR count). The zero-order valence-corrected chi connectivity index (χ0v) is 10.7. The minimum atomic E-state index is -0.350. The van der Waals surface area contributed by atoms with Crippen molar-refractivity contribution in [2.24, 2.45) is 7.05 Å². The van der Waals surface area contributed by atoms with Gasteiger partial charge in [0.1, 0.15) is 0 Å². The van der Waals surface area contributed by atoms with E-state index < -0.39 is 0 Å². The zero-order valence-electron chi connectivity index (χ0n) is 10.7. The summed E-state index contributed by atoms with van der Waals surface area (Å²) < 4.78 is 11.8. The highest BCUT2D eigenvalue weighted by Gasteiger charge is 2.15. The van der Waals surface area contributed by atoms with Gasteiger partial charge in [0.05, 0.1) is 24.1 Å². The first-order chi connectivity index (χ1) is 9.20. The first-order valence-electron chi connectivity index (χ1n) is 5.99.